The number of aliphatic hydroxyl groups is 16. The monoisotopic (exact) mass is 1250 g/mol. The molecule has 0 amide bonds. The van der Waals surface area contributed by atoms with E-state index in [4.69, 9.17) is 47.4 Å². The molecule has 4 saturated carbocycles. The van der Waals surface area contributed by atoms with Crippen LogP contribution in [0.5, 0.6) is 0 Å². The lowest BCUT2D eigenvalue weighted by atomic mass is 9.33. The molecule has 0 aromatic rings. The number of aliphatic hydroxyl groups excluding tert-OH is 16. The normalized spacial score (nSPS) is 54.0. The van der Waals surface area contributed by atoms with Crippen LogP contribution in [0.2, 0.25) is 0 Å². The molecule has 0 aromatic carbocycles. The second-order valence-electron chi connectivity index (χ2n) is 29.1. The second-order valence-corrected chi connectivity index (χ2v) is 29.1. The maximum absolute atomic E-state index is 15.3. The van der Waals surface area contributed by atoms with Gasteiger partial charge in [-0.3, -0.25) is 4.79 Å². The summed E-state index contributed by atoms with van der Waals surface area (Å²) >= 11 is 0. The number of carbonyl (C=O) groups excluding carboxylic acids is 1. The van der Waals surface area contributed by atoms with Crippen molar-refractivity contribution in [1.82, 2.24) is 0 Å². The first-order valence-corrected chi connectivity index (χ1v) is 31.2. The first kappa shape index (κ1) is 68.1. The number of rotatable bonds is 14. The lowest BCUT2D eigenvalue weighted by Gasteiger charge is -2.71. The predicted molar refractivity (Wildman–Crippen MR) is 294 cm³/mol. The summed E-state index contributed by atoms with van der Waals surface area (Å²) in [5.74, 6) is -0.650. The SMILES string of the molecule is CC1O[C@@H](O[C@@H]2C(CO)O[C@@H](OCC3O[C@@H](OC(=O)[C@]45CCC(C)(C)CC4C4=CCC6[C@@]7(C)CC[C@H](O[C@@H]8OC(CO)[C@@H](O)C(O)[C@@H]8O[C@@H]8OC(CO)[C@@H](O)C(O)[C@@H]8O)C(C)(C)C7CC[C@@]6(C)[C@]4(C)CC5)[C@@H](O)C(O)[C@@H]3O)[C@@H](O)C2O)[C@@H](O)C(O)[C@H]1O. The molecule has 27 heteroatoms. The van der Waals surface area contributed by atoms with E-state index in [1.165, 1.54) is 12.5 Å². The van der Waals surface area contributed by atoms with Gasteiger partial charge >= 0.3 is 5.97 Å². The van der Waals surface area contributed by atoms with Gasteiger partial charge in [0.15, 0.2) is 25.2 Å². The molecule has 0 bridgehead atoms. The Morgan fingerprint density at radius 2 is 1.02 bits per heavy atom. The van der Waals surface area contributed by atoms with Crippen molar-refractivity contribution in [1.29, 1.82) is 0 Å². The number of allylic oxidation sites excluding steroid dienone is 2. The predicted octanol–water partition coefficient (Wildman–Crippen LogP) is -3.18. The van der Waals surface area contributed by atoms with E-state index in [-0.39, 0.29) is 39.4 Å². The number of hydrogen-bond acceptors (Lipinski definition) is 27. The summed E-state index contributed by atoms with van der Waals surface area (Å²) in [6, 6.07) is 0. The van der Waals surface area contributed by atoms with Crippen molar-refractivity contribution in [3.05, 3.63) is 11.6 Å². The number of esters is 1. The smallest absolute Gasteiger partial charge is 0.315 e. The van der Waals surface area contributed by atoms with Crippen LogP contribution in [0.1, 0.15) is 120 Å². The Bertz CT molecular complexity index is 2420. The third-order valence-corrected chi connectivity index (χ3v) is 23.5. The first-order chi connectivity index (χ1) is 40.7. The first-order valence-electron chi connectivity index (χ1n) is 31.2. The quantitative estimate of drug-likeness (QED) is 0.0463. The van der Waals surface area contributed by atoms with E-state index < -0.39 is 203 Å². The Morgan fingerprint density at radius 3 is 1.67 bits per heavy atom. The highest BCUT2D eigenvalue weighted by Gasteiger charge is 2.70. The van der Waals surface area contributed by atoms with Gasteiger partial charge in [0.25, 0.3) is 0 Å². The molecular formula is C60H98O27. The van der Waals surface area contributed by atoms with Gasteiger partial charge in [-0.05, 0) is 116 Å². The molecule has 0 radical (unpaired) electrons. The summed E-state index contributed by atoms with van der Waals surface area (Å²) in [6.45, 7) is 14.3. The molecule has 10 rings (SSSR count). The summed E-state index contributed by atoms with van der Waals surface area (Å²) < 4.78 is 59.6. The Labute approximate surface area is 506 Å². The fourth-order valence-electron chi connectivity index (χ4n) is 17.8. The molecule has 10 aliphatic rings. The minimum atomic E-state index is -1.90. The number of fused-ring (bicyclic) bond motifs is 7. The van der Waals surface area contributed by atoms with Crippen LogP contribution in [0, 0.1) is 50.2 Å². The molecule has 5 heterocycles. The minimum Gasteiger partial charge on any atom is -0.432 e. The maximum Gasteiger partial charge on any atom is 0.315 e. The zero-order chi connectivity index (χ0) is 63.6. The zero-order valence-electron chi connectivity index (χ0n) is 50.9. The Hall–Kier alpha value is -1.79. The van der Waals surface area contributed by atoms with Gasteiger partial charge in [-0.25, -0.2) is 0 Å². The van der Waals surface area contributed by atoms with Crippen LogP contribution in [-0.4, -0.2) is 274 Å². The van der Waals surface area contributed by atoms with Gasteiger partial charge in [-0.15, -0.1) is 0 Å². The van der Waals surface area contributed by atoms with E-state index in [9.17, 15) is 81.7 Å². The Balaban J connectivity index is 0.832. The highest BCUT2D eigenvalue weighted by molar-refractivity contribution is 5.79. The van der Waals surface area contributed by atoms with Gasteiger partial charge in [-0.1, -0.05) is 60.1 Å². The van der Waals surface area contributed by atoms with Crippen LogP contribution in [0.4, 0.5) is 0 Å². The highest BCUT2D eigenvalue weighted by Crippen LogP contribution is 2.76. The molecule has 27 nitrogen and oxygen atoms in total. The summed E-state index contributed by atoms with van der Waals surface area (Å²) in [5.41, 5.74) is -1.49. The van der Waals surface area contributed by atoms with Crippen LogP contribution >= 0.6 is 0 Å². The average Bonchev–Trinajstić information content (AvgIpc) is 0.686. The van der Waals surface area contributed by atoms with Crippen LogP contribution < -0.4 is 0 Å². The van der Waals surface area contributed by atoms with E-state index >= 15 is 4.79 Å². The van der Waals surface area contributed by atoms with Crippen molar-refractivity contribution in [3.63, 3.8) is 0 Å². The third-order valence-electron chi connectivity index (χ3n) is 23.5. The second kappa shape index (κ2) is 25.2. The highest BCUT2D eigenvalue weighted by atomic mass is 16.8. The standard InChI is InChI=1S/C60H98O27/c1-24-34(64)38(68)43(73)50(79-24)85-47-29(22-63)82-49(46(76)42(47)72)78-23-30-37(67)40(70)45(75)52(83-30)87-54(77)60-17-15-55(2,3)19-26(60)25-9-10-32-57(6)13-12-33(56(4,5)31(57)11-14-59(32,8)58(25,7)16-18-60)84-53-48(41(71)36(66)28(21-62)81-53)86-51-44(74)39(69)35(65)27(20-61)80-51/h9,24,26-53,61-76H,10-23H2,1-8H3/t24?,26?,27?,28?,29?,30?,31?,32?,33-,34-,35+,36+,37+,38?,39?,40?,41?,42?,43-,44-,45-,46-,47+,48-,49+,50-,51-,52-,53-,57-,58+,59+,60-/m0/s1. The molecule has 5 aliphatic heterocycles. The van der Waals surface area contributed by atoms with Crippen molar-refractivity contribution in [2.75, 3.05) is 26.4 Å². The van der Waals surface area contributed by atoms with Gasteiger partial charge in [0.2, 0.25) is 6.29 Å². The number of ether oxygens (including phenoxy) is 10. The van der Waals surface area contributed by atoms with Crippen LogP contribution in [0.25, 0.3) is 0 Å². The van der Waals surface area contributed by atoms with E-state index in [2.05, 4.69) is 54.5 Å². The molecule has 9 fully saturated rings. The molecule has 13 unspecified atom stereocenters. The minimum absolute atomic E-state index is 0.0840. The van der Waals surface area contributed by atoms with Crippen LogP contribution in [-0.2, 0) is 52.2 Å². The largest absolute Gasteiger partial charge is 0.432 e. The summed E-state index contributed by atoms with van der Waals surface area (Å²) in [6.07, 6.45) is -32.3. The van der Waals surface area contributed by atoms with Crippen molar-refractivity contribution in [2.45, 2.75) is 279 Å². The van der Waals surface area contributed by atoms with Crippen molar-refractivity contribution < 1.29 is 134 Å². The summed E-state index contributed by atoms with van der Waals surface area (Å²) in [4.78, 5) is 15.3. The van der Waals surface area contributed by atoms with Crippen molar-refractivity contribution in [2.24, 2.45) is 50.2 Å². The number of carbonyl (C=O) groups is 1. The molecule has 500 valence electrons. The van der Waals surface area contributed by atoms with Gasteiger partial charge in [0.05, 0.1) is 44.1 Å². The van der Waals surface area contributed by atoms with Crippen molar-refractivity contribution >= 4 is 5.97 Å². The Kier molecular flexibility index (Phi) is 19.7. The van der Waals surface area contributed by atoms with E-state index in [1.807, 2.05) is 0 Å². The molecular weight excluding hydrogens is 1150 g/mol. The zero-order valence-corrected chi connectivity index (χ0v) is 50.9. The van der Waals surface area contributed by atoms with Crippen LogP contribution in [0.15, 0.2) is 11.6 Å². The summed E-state index contributed by atoms with van der Waals surface area (Å²) in [7, 11) is 0. The number of hydrogen-bond donors (Lipinski definition) is 16. The molecule has 5 aliphatic carbocycles. The molecule has 0 spiro atoms. The Morgan fingerprint density at radius 1 is 0.506 bits per heavy atom. The molecule has 33 atom stereocenters. The van der Waals surface area contributed by atoms with Crippen molar-refractivity contribution in [3.8, 4) is 0 Å². The topological polar surface area (TPSA) is 433 Å². The van der Waals surface area contributed by atoms with Gasteiger partial charge < -0.3 is 129 Å². The van der Waals surface area contributed by atoms with Gasteiger partial charge in [0, 0.05) is 0 Å². The maximum atomic E-state index is 15.3. The van der Waals surface area contributed by atoms with E-state index in [1.54, 1.807) is 0 Å². The molecule has 5 saturated heterocycles. The lowest BCUT2D eigenvalue weighted by molar-refractivity contribution is -0.378. The van der Waals surface area contributed by atoms with Gasteiger partial charge in [-0.2, -0.15) is 0 Å². The summed E-state index contributed by atoms with van der Waals surface area (Å²) in [5, 5.41) is 172. The molecule has 0 aromatic heterocycles. The van der Waals surface area contributed by atoms with E-state index in [0.717, 1.165) is 19.3 Å². The lowest BCUT2D eigenvalue weighted by Crippen LogP contribution is -2.67. The fourth-order valence-corrected chi connectivity index (χ4v) is 17.8. The van der Waals surface area contributed by atoms with Crippen LogP contribution in [0.3, 0.4) is 0 Å². The average molecular weight is 1250 g/mol. The fraction of sp³-hybridized carbons (Fsp3) is 0.950. The molecule has 87 heavy (non-hydrogen) atoms. The molecule has 16 N–H and O–H groups in total. The third kappa shape index (κ3) is 11.5. The van der Waals surface area contributed by atoms with E-state index in [0.29, 0.717) is 44.9 Å². The van der Waals surface area contributed by atoms with Gasteiger partial charge in [0.1, 0.15) is 116 Å².